The summed E-state index contributed by atoms with van der Waals surface area (Å²) in [7, 11) is 1.45. The van der Waals surface area contributed by atoms with Crippen molar-refractivity contribution < 1.29 is 9.22 Å². The van der Waals surface area contributed by atoms with E-state index in [9.17, 15) is 0 Å². The van der Waals surface area contributed by atoms with Crippen LogP contribution in [0.5, 0.6) is 0 Å². The van der Waals surface area contributed by atoms with Gasteiger partial charge in [0.15, 0.2) is 0 Å². The number of hydrogen-bond acceptors (Lipinski definition) is 4. The summed E-state index contributed by atoms with van der Waals surface area (Å²) in [6.45, 7) is 0. The van der Waals surface area contributed by atoms with Crippen LogP contribution in [0.15, 0.2) is 29.4 Å². The quantitative estimate of drug-likeness (QED) is 0.379. The Morgan fingerprint density at radius 2 is 2.40 bits per heavy atom. The van der Waals surface area contributed by atoms with Crippen LogP contribution in [-0.2, 0) is 9.22 Å². The van der Waals surface area contributed by atoms with E-state index in [4.69, 9.17) is 0 Å². The van der Waals surface area contributed by atoms with Crippen LogP contribution in [0.4, 0.5) is 0 Å². The van der Waals surface area contributed by atoms with Crippen molar-refractivity contribution in [3.8, 4) is 0 Å². The second-order valence-electron chi connectivity index (χ2n) is 1.49. The second-order valence-corrected chi connectivity index (χ2v) is 2.21. The monoisotopic (exact) mass is 157 g/mol. The average Bonchev–Trinajstić information content (AvgIpc) is 2.03. The van der Waals surface area contributed by atoms with Gasteiger partial charge in [0.2, 0.25) is 0 Å². The van der Waals surface area contributed by atoms with Crippen molar-refractivity contribution in [3.05, 3.63) is 24.4 Å². The summed E-state index contributed by atoms with van der Waals surface area (Å²) < 4.78 is 4.57. The number of aromatic nitrogens is 1. The molecular formula is C6H7NO2S. The van der Waals surface area contributed by atoms with E-state index in [1.54, 1.807) is 6.20 Å². The molecule has 0 aliphatic heterocycles. The van der Waals surface area contributed by atoms with E-state index in [1.165, 1.54) is 7.11 Å². The lowest BCUT2D eigenvalue weighted by molar-refractivity contribution is -0.160. The minimum Gasteiger partial charge on any atom is -0.247 e. The predicted octanol–water partition coefficient (Wildman–Crippen LogP) is 1.67. The van der Waals surface area contributed by atoms with Gasteiger partial charge < -0.3 is 0 Å². The van der Waals surface area contributed by atoms with E-state index < -0.39 is 0 Å². The molecule has 1 aromatic rings. The Bertz CT molecular complexity index is 180. The summed E-state index contributed by atoms with van der Waals surface area (Å²) in [5.41, 5.74) is 0. The molecule has 4 heteroatoms. The van der Waals surface area contributed by atoms with Crippen molar-refractivity contribution in [3.63, 3.8) is 0 Å². The van der Waals surface area contributed by atoms with E-state index in [1.807, 2.05) is 18.2 Å². The molecule has 1 heterocycles. The van der Waals surface area contributed by atoms with E-state index in [2.05, 4.69) is 14.2 Å². The number of nitrogens with zero attached hydrogens (tertiary/aromatic N) is 1. The number of hydrogen-bond donors (Lipinski definition) is 0. The van der Waals surface area contributed by atoms with Crippen LogP contribution >= 0.6 is 12.0 Å². The second kappa shape index (κ2) is 4.27. The Kier molecular flexibility index (Phi) is 3.21. The fourth-order valence-electron chi connectivity index (χ4n) is 0.465. The number of rotatable bonds is 3. The van der Waals surface area contributed by atoms with Gasteiger partial charge in [-0.1, -0.05) is 6.07 Å². The van der Waals surface area contributed by atoms with Crippen LogP contribution in [0.2, 0.25) is 0 Å². The first-order valence-electron chi connectivity index (χ1n) is 2.72. The van der Waals surface area contributed by atoms with Gasteiger partial charge in [-0.2, -0.15) is 4.33 Å². The Morgan fingerprint density at radius 1 is 1.50 bits per heavy atom. The first-order valence-corrected chi connectivity index (χ1v) is 3.46. The Morgan fingerprint density at radius 3 is 3.00 bits per heavy atom. The first-order chi connectivity index (χ1) is 4.93. The highest BCUT2D eigenvalue weighted by Crippen LogP contribution is 2.14. The summed E-state index contributed by atoms with van der Waals surface area (Å²) in [6, 6.07) is 5.56. The molecule has 0 spiro atoms. The molecule has 0 amide bonds. The average molecular weight is 157 g/mol. The van der Waals surface area contributed by atoms with Crippen molar-refractivity contribution in [1.29, 1.82) is 0 Å². The molecule has 0 atom stereocenters. The molecule has 0 fully saturated rings. The van der Waals surface area contributed by atoms with Crippen LogP contribution in [0, 0.1) is 0 Å². The molecule has 0 aliphatic rings. The lowest BCUT2D eigenvalue weighted by Crippen LogP contribution is -1.79. The molecular weight excluding hydrogens is 150 g/mol. The Hall–Kier alpha value is -0.580. The third kappa shape index (κ3) is 2.34. The largest absolute Gasteiger partial charge is 0.247 e. The molecule has 0 aromatic carbocycles. The van der Waals surface area contributed by atoms with Gasteiger partial charge >= 0.3 is 0 Å². The van der Waals surface area contributed by atoms with Crippen LogP contribution in [0.25, 0.3) is 0 Å². The van der Waals surface area contributed by atoms with Crippen LogP contribution in [0.3, 0.4) is 0 Å². The zero-order valence-electron chi connectivity index (χ0n) is 5.48. The van der Waals surface area contributed by atoms with E-state index in [0.717, 1.165) is 17.1 Å². The van der Waals surface area contributed by atoms with Crippen molar-refractivity contribution >= 4 is 12.0 Å². The smallest absolute Gasteiger partial charge is 0.127 e. The molecule has 0 radical (unpaired) electrons. The lowest BCUT2D eigenvalue weighted by Gasteiger charge is -1.94. The Labute approximate surface area is 63.5 Å². The van der Waals surface area contributed by atoms with Gasteiger partial charge in [0.1, 0.15) is 5.03 Å². The predicted molar refractivity (Wildman–Crippen MR) is 38.2 cm³/mol. The summed E-state index contributed by atoms with van der Waals surface area (Å²) in [6.07, 6.45) is 1.70. The maximum Gasteiger partial charge on any atom is 0.127 e. The first kappa shape index (κ1) is 7.53. The van der Waals surface area contributed by atoms with E-state index in [-0.39, 0.29) is 0 Å². The topological polar surface area (TPSA) is 31.4 Å². The maximum absolute atomic E-state index is 4.57. The molecule has 54 valence electrons. The highest BCUT2D eigenvalue weighted by Gasteiger charge is 1.91. The van der Waals surface area contributed by atoms with Crippen molar-refractivity contribution in [2.24, 2.45) is 0 Å². The van der Waals surface area contributed by atoms with Gasteiger partial charge in [0, 0.05) is 6.20 Å². The third-order valence-electron chi connectivity index (χ3n) is 0.825. The molecule has 0 bridgehead atoms. The van der Waals surface area contributed by atoms with E-state index >= 15 is 0 Å². The van der Waals surface area contributed by atoms with Gasteiger partial charge in [-0.05, 0) is 12.1 Å². The van der Waals surface area contributed by atoms with Gasteiger partial charge in [-0.15, -0.1) is 0 Å². The number of pyridine rings is 1. The minimum atomic E-state index is 0.782. The Balaban J connectivity index is 2.43. The third-order valence-corrected chi connectivity index (χ3v) is 1.44. The molecule has 3 nitrogen and oxygen atoms in total. The summed E-state index contributed by atoms with van der Waals surface area (Å²) in [4.78, 5) is 8.34. The lowest BCUT2D eigenvalue weighted by atomic mass is 10.5. The zero-order valence-corrected chi connectivity index (χ0v) is 6.30. The fraction of sp³-hybridized carbons (Fsp3) is 0.167. The highest BCUT2D eigenvalue weighted by atomic mass is 32.2. The van der Waals surface area contributed by atoms with Crippen LogP contribution in [0.1, 0.15) is 0 Å². The molecule has 0 aliphatic carbocycles. The maximum atomic E-state index is 4.57. The standard InChI is InChI=1S/C6H7NO2S/c1-8-9-10-6-4-2-3-5-7-6/h2-5H,1H3. The molecule has 1 rings (SSSR count). The van der Waals surface area contributed by atoms with Crippen LogP contribution < -0.4 is 0 Å². The van der Waals surface area contributed by atoms with Gasteiger partial charge in [-0.3, -0.25) is 0 Å². The SMILES string of the molecule is COOSc1ccccn1. The van der Waals surface area contributed by atoms with Crippen molar-refractivity contribution in [1.82, 2.24) is 4.98 Å². The molecule has 0 saturated heterocycles. The minimum absolute atomic E-state index is 0.782. The van der Waals surface area contributed by atoms with Crippen molar-refractivity contribution in [2.75, 3.05) is 7.11 Å². The summed E-state index contributed by atoms with van der Waals surface area (Å²) >= 11 is 1.09. The molecule has 1 aromatic heterocycles. The molecule has 0 saturated carbocycles. The fourth-order valence-corrected chi connectivity index (χ4v) is 0.841. The van der Waals surface area contributed by atoms with Gasteiger partial charge in [-0.25, -0.2) is 9.87 Å². The van der Waals surface area contributed by atoms with Gasteiger partial charge in [0.25, 0.3) is 0 Å². The molecule has 0 N–H and O–H groups in total. The molecule has 0 unspecified atom stereocenters. The van der Waals surface area contributed by atoms with Crippen molar-refractivity contribution in [2.45, 2.75) is 5.03 Å². The summed E-state index contributed by atoms with van der Waals surface area (Å²) in [5.74, 6) is 0. The van der Waals surface area contributed by atoms with Crippen LogP contribution in [-0.4, -0.2) is 12.1 Å². The summed E-state index contributed by atoms with van der Waals surface area (Å²) in [5, 5.41) is 0.782. The highest BCUT2D eigenvalue weighted by molar-refractivity contribution is 7.94. The van der Waals surface area contributed by atoms with E-state index in [0.29, 0.717) is 0 Å². The zero-order chi connectivity index (χ0) is 7.23. The molecule has 10 heavy (non-hydrogen) atoms. The normalized spacial score (nSPS) is 9.70. The van der Waals surface area contributed by atoms with Gasteiger partial charge in [0.05, 0.1) is 19.2 Å².